The largest absolute Gasteiger partial charge is 0.493 e. The molecule has 0 aliphatic heterocycles. The van der Waals surface area contributed by atoms with Crippen LogP contribution in [0.15, 0.2) is 54.6 Å². The summed E-state index contributed by atoms with van der Waals surface area (Å²) in [5.41, 5.74) is 1.92. The molecule has 2 N–H and O–H groups in total. The summed E-state index contributed by atoms with van der Waals surface area (Å²) in [5, 5.41) is 5.59. The first-order chi connectivity index (χ1) is 11.7. The molecule has 2 rings (SSSR count). The third-order valence-corrected chi connectivity index (χ3v) is 3.39. The van der Waals surface area contributed by atoms with Crippen molar-refractivity contribution < 1.29 is 14.3 Å². The Morgan fingerprint density at radius 1 is 1.12 bits per heavy atom. The average Bonchev–Trinajstić information content (AvgIpc) is 2.56. The van der Waals surface area contributed by atoms with Gasteiger partial charge in [0, 0.05) is 25.3 Å². The summed E-state index contributed by atoms with van der Waals surface area (Å²) < 4.78 is 10.8. The van der Waals surface area contributed by atoms with E-state index in [1.165, 1.54) is 5.56 Å². The van der Waals surface area contributed by atoms with E-state index in [-0.39, 0.29) is 12.1 Å². The first-order valence-electron chi connectivity index (χ1n) is 8.00. The second-order valence-electron chi connectivity index (χ2n) is 5.57. The summed E-state index contributed by atoms with van der Waals surface area (Å²) in [6.07, 6.45) is 0.841. The lowest BCUT2D eigenvalue weighted by Gasteiger charge is -2.14. The van der Waals surface area contributed by atoms with Crippen LogP contribution < -0.4 is 15.4 Å². The van der Waals surface area contributed by atoms with Gasteiger partial charge in [-0.1, -0.05) is 36.4 Å². The van der Waals surface area contributed by atoms with Crippen molar-refractivity contribution in [2.24, 2.45) is 0 Å². The van der Waals surface area contributed by atoms with E-state index in [1.54, 1.807) is 7.11 Å². The topological polar surface area (TPSA) is 59.6 Å². The quantitative estimate of drug-likeness (QED) is 0.780. The number of rotatable bonds is 8. The maximum absolute atomic E-state index is 11.9. The molecular formula is C19H24N2O3. The van der Waals surface area contributed by atoms with Gasteiger partial charge in [0.1, 0.15) is 5.75 Å². The summed E-state index contributed by atoms with van der Waals surface area (Å²) in [4.78, 5) is 11.9. The van der Waals surface area contributed by atoms with Crippen molar-refractivity contribution in [3.63, 3.8) is 0 Å². The minimum Gasteiger partial charge on any atom is -0.493 e. The van der Waals surface area contributed by atoms with Gasteiger partial charge >= 0.3 is 6.03 Å². The molecule has 0 fully saturated rings. The zero-order chi connectivity index (χ0) is 17.2. The molecule has 0 saturated carbocycles. The summed E-state index contributed by atoms with van der Waals surface area (Å²) in [6, 6.07) is 17.2. The van der Waals surface area contributed by atoms with Crippen LogP contribution in [0.1, 0.15) is 12.5 Å². The van der Waals surface area contributed by atoms with Gasteiger partial charge in [-0.3, -0.25) is 0 Å². The molecule has 0 aliphatic carbocycles. The molecule has 2 aromatic rings. The second kappa shape index (κ2) is 9.57. The van der Waals surface area contributed by atoms with Gasteiger partial charge in [-0.05, 0) is 24.6 Å². The highest BCUT2D eigenvalue weighted by Gasteiger charge is 2.07. The highest BCUT2D eigenvalue weighted by molar-refractivity contribution is 5.89. The van der Waals surface area contributed by atoms with Crippen LogP contribution >= 0.6 is 0 Å². The average molecular weight is 328 g/mol. The monoisotopic (exact) mass is 328 g/mol. The molecular weight excluding hydrogens is 304 g/mol. The van der Waals surface area contributed by atoms with Gasteiger partial charge in [0.2, 0.25) is 0 Å². The van der Waals surface area contributed by atoms with Crippen molar-refractivity contribution >= 4 is 11.7 Å². The molecule has 0 bridgehead atoms. The predicted molar refractivity (Wildman–Crippen MR) is 95.6 cm³/mol. The maximum Gasteiger partial charge on any atom is 0.319 e. The number of carbonyl (C=O) groups excluding carboxylic acids is 1. The molecule has 0 aliphatic rings. The Morgan fingerprint density at radius 3 is 2.67 bits per heavy atom. The normalized spacial score (nSPS) is 11.6. The maximum atomic E-state index is 11.9. The molecule has 5 nitrogen and oxygen atoms in total. The Labute approximate surface area is 143 Å². The lowest BCUT2D eigenvalue weighted by atomic mass is 10.2. The van der Waals surface area contributed by atoms with E-state index >= 15 is 0 Å². The number of ether oxygens (including phenoxy) is 2. The van der Waals surface area contributed by atoms with Crippen LogP contribution in [-0.2, 0) is 11.2 Å². The van der Waals surface area contributed by atoms with E-state index in [1.807, 2.05) is 49.4 Å². The fourth-order valence-electron chi connectivity index (χ4n) is 2.28. The highest BCUT2D eigenvalue weighted by atomic mass is 16.5. The van der Waals surface area contributed by atoms with E-state index in [2.05, 4.69) is 22.8 Å². The van der Waals surface area contributed by atoms with Crippen LogP contribution in [0.5, 0.6) is 5.75 Å². The smallest absolute Gasteiger partial charge is 0.319 e. The van der Waals surface area contributed by atoms with Crippen molar-refractivity contribution in [2.75, 3.05) is 25.6 Å². The number of hydrogen-bond acceptors (Lipinski definition) is 3. The van der Waals surface area contributed by atoms with Gasteiger partial charge in [0.25, 0.3) is 0 Å². The number of amides is 2. The Morgan fingerprint density at radius 2 is 1.92 bits per heavy atom. The van der Waals surface area contributed by atoms with Gasteiger partial charge in [0.05, 0.1) is 19.3 Å². The van der Waals surface area contributed by atoms with Crippen molar-refractivity contribution in [1.82, 2.24) is 5.32 Å². The number of benzene rings is 2. The van der Waals surface area contributed by atoms with Gasteiger partial charge in [0.15, 0.2) is 0 Å². The minimum absolute atomic E-state index is 0.0553. The van der Waals surface area contributed by atoms with E-state index in [4.69, 9.17) is 9.47 Å². The summed E-state index contributed by atoms with van der Waals surface area (Å²) >= 11 is 0. The molecule has 24 heavy (non-hydrogen) atoms. The Bertz CT molecular complexity index is 632. The second-order valence-corrected chi connectivity index (χ2v) is 5.57. The summed E-state index contributed by atoms with van der Waals surface area (Å²) in [5.74, 6) is 0.730. The molecule has 2 amide bonds. The Balaban J connectivity index is 1.81. The first-order valence-corrected chi connectivity index (χ1v) is 8.00. The molecule has 0 radical (unpaired) electrons. The fraction of sp³-hybridized carbons (Fsp3) is 0.316. The lowest BCUT2D eigenvalue weighted by molar-refractivity contribution is 0.173. The first kappa shape index (κ1) is 17.8. The molecule has 0 heterocycles. The van der Waals surface area contributed by atoms with Crippen molar-refractivity contribution in [2.45, 2.75) is 19.4 Å². The van der Waals surface area contributed by atoms with Crippen LogP contribution in [0.2, 0.25) is 0 Å². The van der Waals surface area contributed by atoms with Gasteiger partial charge in [-0.25, -0.2) is 4.79 Å². The zero-order valence-electron chi connectivity index (χ0n) is 14.1. The fourth-order valence-corrected chi connectivity index (χ4v) is 2.28. The molecule has 0 saturated heterocycles. The van der Waals surface area contributed by atoms with Crippen molar-refractivity contribution in [3.05, 3.63) is 60.2 Å². The van der Waals surface area contributed by atoms with E-state index in [0.29, 0.717) is 18.9 Å². The van der Waals surface area contributed by atoms with Crippen LogP contribution in [0.3, 0.4) is 0 Å². The molecule has 1 atom stereocenters. The van der Waals surface area contributed by atoms with Gasteiger partial charge < -0.3 is 20.1 Å². The zero-order valence-corrected chi connectivity index (χ0v) is 14.1. The molecule has 5 heteroatoms. The summed E-state index contributed by atoms with van der Waals surface area (Å²) in [6.45, 7) is 2.94. The van der Waals surface area contributed by atoms with E-state index in [9.17, 15) is 4.79 Å². The predicted octanol–water partition coefficient (Wildman–Crippen LogP) is 3.46. The molecule has 1 unspecified atom stereocenters. The number of hydrogen-bond donors (Lipinski definition) is 2. The SMILES string of the molecule is COCC(C)NC(=O)Nc1cccc(OCCc2ccccc2)c1. The number of carbonyl (C=O) groups is 1. The van der Waals surface area contributed by atoms with Gasteiger partial charge in [-0.2, -0.15) is 0 Å². The molecule has 2 aromatic carbocycles. The van der Waals surface area contributed by atoms with Crippen molar-refractivity contribution in [1.29, 1.82) is 0 Å². The number of urea groups is 1. The third-order valence-electron chi connectivity index (χ3n) is 3.39. The van der Waals surface area contributed by atoms with Crippen LogP contribution in [0.4, 0.5) is 10.5 Å². The van der Waals surface area contributed by atoms with Crippen LogP contribution in [0, 0.1) is 0 Å². The van der Waals surface area contributed by atoms with Crippen LogP contribution in [0.25, 0.3) is 0 Å². The van der Waals surface area contributed by atoms with Crippen molar-refractivity contribution in [3.8, 4) is 5.75 Å². The molecule has 0 spiro atoms. The third kappa shape index (κ3) is 6.30. The lowest BCUT2D eigenvalue weighted by Crippen LogP contribution is -2.38. The highest BCUT2D eigenvalue weighted by Crippen LogP contribution is 2.17. The molecule has 0 aromatic heterocycles. The Hall–Kier alpha value is -2.53. The minimum atomic E-state index is -0.263. The van der Waals surface area contributed by atoms with Gasteiger partial charge in [-0.15, -0.1) is 0 Å². The standard InChI is InChI=1S/C19H24N2O3/c1-15(14-23-2)20-19(22)21-17-9-6-10-18(13-17)24-12-11-16-7-4-3-5-8-16/h3-10,13,15H,11-12,14H2,1-2H3,(H2,20,21,22). The summed E-state index contributed by atoms with van der Waals surface area (Å²) in [7, 11) is 1.60. The number of methoxy groups -OCH3 is 1. The van der Waals surface area contributed by atoms with E-state index < -0.39 is 0 Å². The number of anilines is 1. The Kier molecular flexibility index (Phi) is 7.11. The molecule has 128 valence electrons. The van der Waals surface area contributed by atoms with E-state index in [0.717, 1.165) is 12.2 Å². The number of nitrogens with one attached hydrogen (secondary N) is 2. The van der Waals surface area contributed by atoms with Crippen LogP contribution in [-0.4, -0.2) is 32.4 Å².